The summed E-state index contributed by atoms with van der Waals surface area (Å²) in [5.41, 5.74) is 41.8. The molecule has 0 saturated carbocycles. The lowest BCUT2D eigenvalue weighted by Gasteiger charge is -2.30. The van der Waals surface area contributed by atoms with Crippen molar-refractivity contribution in [2.75, 3.05) is 0 Å². The highest BCUT2D eigenvalue weighted by Gasteiger charge is 2.24. The van der Waals surface area contributed by atoms with Gasteiger partial charge in [0, 0.05) is 42.3 Å². The van der Waals surface area contributed by atoms with Gasteiger partial charge in [-0.2, -0.15) is 0 Å². The summed E-state index contributed by atoms with van der Waals surface area (Å²) in [7, 11) is 0. The van der Waals surface area contributed by atoms with Crippen molar-refractivity contribution in [1.82, 2.24) is 0 Å². The highest BCUT2D eigenvalue weighted by molar-refractivity contribution is 4.90. The second-order valence-corrected chi connectivity index (χ2v) is 6.09. The average molecular weight is 289 g/mol. The molecule has 6 unspecified atom stereocenters. The summed E-state index contributed by atoms with van der Waals surface area (Å²) >= 11 is 0. The second kappa shape index (κ2) is 9.62. The van der Waals surface area contributed by atoms with Crippen LogP contribution in [0.1, 0.15) is 39.5 Å². The van der Waals surface area contributed by atoms with E-state index in [1.165, 1.54) is 0 Å². The minimum Gasteiger partial charge on any atom is -0.328 e. The number of hydrogen-bond acceptors (Lipinski definition) is 7. The molecule has 7 atom stereocenters. The predicted molar refractivity (Wildman–Crippen MR) is 85.6 cm³/mol. The SMILES string of the molecule is CCC(N)C(N)CC(N)C[C@H](N)C(N)C(N)CC(C)N. The summed E-state index contributed by atoms with van der Waals surface area (Å²) in [6.45, 7) is 3.90. The van der Waals surface area contributed by atoms with E-state index >= 15 is 0 Å². The minimum absolute atomic E-state index is 0.00731. The topological polar surface area (TPSA) is 182 Å². The second-order valence-electron chi connectivity index (χ2n) is 6.09. The Bertz CT molecular complexity index is 249. The van der Waals surface area contributed by atoms with Crippen LogP contribution < -0.4 is 40.1 Å². The zero-order valence-corrected chi connectivity index (χ0v) is 12.9. The lowest BCUT2D eigenvalue weighted by Crippen LogP contribution is -2.56. The molecule has 0 saturated heterocycles. The largest absolute Gasteiger partial charge is 0.328 e. The molecule has 0 spiro atoms. The van der Waals surface area contributed by atoms with Crippen LogP contribution in [0.15, 0.2) is 0 Å². The Kier molecular flexibility index (Phi) is 9.48. The molecule has 0 radical (unpaired) electrons. The Morgan fingerprint density at radius 3 is 1.55 bits per heavy atom. The van der Waals surface area contributed by atoms with Crippen molar-refractivity contribution in [1.29, 1.82) is 0 Å². The third-order valence-corrected chi connectivity index (χ3v) is 3.80. The highest BCUT2D eigenvalue weighted by Crippen LogP contribution is 2.09. The molecule has 7 heteroatoms. The Hall–Kier alpha value is -0.280. The molecule has 0 aliphatic heterocycles. The van der Waals surface area contributed by atoms with E-state index in [-0.39, 0.29) is 42.3 Å². The maximum absolute atomic E-state index is 6.08. The first-order chi connectivity index (χ1) is 9.18. The van der Waals surface area contributed by atoms with Gasteiger partial charge in [-0.15, -0.1) is 0 Å². The van der Waals surface area contributed by atoms with Crippen molar-refractivity contribution in [2.24, 2.45) is 40.1 Å². The first-order valence-corrected chi connectivity index (χ1v) is 7.48. The molecular formula is C13H35N7. The standard InChI is InChI=1S/C13H35N7/c1-3-9(16)10(17)5-8(15)6-12(19)13(20)11(18)4-7(2)14/h7-13H,3-6,14-20H2,1-2H3/t7?,8?,9?,10?,11?,12-,13?/m0/s1. The van der Waals surface area contributed by atoms with E-state index in [0.29, 0.717) is 19.3 Å². The van der Waals surface area contributed by atoms with E-state index < -0.39 is 0 Å². The van der Waals surface area contributed by atoms with Crippen molar-refractivity contribution in [3.8, 4) is 0 Å². The van der Waals surface area contributed by atoms with Gasteiger partial charge in [0.2, 0.25) is 0 Å². The fourth-order valence-corrected chi connectivity index (χ4v) is 2.33. The number of nitrogens with two attached hydrogens (primary N) is 7. The average Bonchev–Trinajstić information content (AvgIpc) is 2.35. The fraction of sp³-hybridized carbons (Fsp3) is 1.00. The maximum atomic E-state index is 6.08. The van der Waals surface area contributed by atoms with Crippen LogP contribution in [0.25, 0.3) is 0 Å². The molecule has 0 aliphatic rings. The molecule has 0 fully saturated rings. The van der Waals surface area contributed by atoms with E-state index in [4.69, 9.17) is 40.1 Å². The molecule has 0 aliphatic carbocycles. The first-order valence-electron chi connectivity index (χ1n) is 7.48. The summed E-state index contributed by atoms with van der Waals surface area (Å²) in [6.07, 6.45) is 2.69. The molecule has 0 aromatic rings. The Labute approximate surface area is 122 Å². The van der Waals surface area contributed by atoms with Crippen molar-refractivity contribution >= 4 is 0 Å². The molecule has 0 bridgehead atoms. The van der Waals surface area contributed by atoms with E-state index in [2.05, 4.69) is 0 Å². The summed E-state index contributed by atoms with van der Waals surface area (Å²) in [5, 5.41) is 0. The first kappa shape index (κ1) is 19.7. The van der Waals surface area contributed by atoms with E-state index in [0.717, 1.165) is 6.42 Å². The summed E-state index contributed by atoms with van der Waals surface area (Å²) < 4.78 is 0. The van der Waals surface area contributed by atoms with E-state index in [1.807, 2.05) is 13.8 Å². The molecular weight excluding hydrogens is 254 g/mol. The lowest BCUT2D eigenvalue weighted by molar-refractivity contribution is 0.353. The van der Waals surface area contributed by atoms with E-state index in [1.54, 1.807) is 0 Å². The van der Waals surface area contributed by atoms with Crippen LogP contribution in [0.4, 0.5) is 0 Å². The van der Waals surface area contributed by atoms with Gasteiger partial charge in [0.25, 0.3) is 0 Å². The third-order valence-electron chi connectivity index (χ3n) is 3.80. The van der Waals surface area contributed by atoms with Gasteiger partial charge in [-0.25, -0.2) is 0 Å². The summed E-state index contributed by atoms with van der Waals surface area (Å²) in [5.74, 6) is 0. The fourth-order valence-electron chi connectivity index (χ4n) is 2.33. The Morgan fingerprint density at radius 1 is 0.650 bits per heavy atom. The van der Waals surface area contributed by atoms with Crippen LogP contribution in [-0.4, -0.2) is 42.3 Å². The predicted octanol–water partition coefficient (Wildman–Crippen LogP) is -2.12. The lowest BCUT2D eigenvalue weighted by atomic mass is 9.90. The Morgan fingerprint density at radius 2 is 1.10 bits per heavy atom. The van der Waals surface area contributed by atoms with Crippen LogP contribution in [0.2, 0.25) is 0 Å². The van der Waals surface area contributed by atoms with Crippen LogP contribution >= 0.6 is 0 Å². The van der Waals surface area contributed by atoms with Gasteiger partial charge in [0.15, 0.2) is 0 Å². The third kappa shape index (κ3) is 7.49. The van der Waals surface area contributed by atoms with Crippen LogP contribution in [0.3, 0.4) is 0 Å². The van der Waals surface area contributed by atoms with Gasteiger partial charge in [-0.3, -0.25) is 0 Å². The quantitative estimate of drug-likeness (QED) is 0.240. The molecule has 0 aromatic heterocycles. The molecule has 0 rings (SSSR count). The highest BCUT2D eigenvalue weighted by atomic mass is 14.9. The zero-order chi connectivity index (χ0) is 15.9. The van der Waals surface area contributed by atoms with Crippen LogP contribution in [0, 0.1) is 0 Å². The molecule has 20 heavy (non-hydrogen) atoms. The van der Waals surface area contributed by atoms with Crippen LogP contribution in [-0.2, 0) is 0 Å². The molecule has 0 aromatic carbocycles. The van der Waals surface area contributed by atoms with Gasteiger partial charge in [0.1, 0.15) is 0 Å². The molecule has 0 heterocycles. The Balaban J connectivity index is 4.20. The minimum atomic E-state index is -0.317. The van der Waals surface area contributed by atoms with Crippen molar-refractivity contribution < 1.29 is 0 Å². The van der Waals surface area contributed by atoms with Gasteiger partial charge in [0.05, 0.1) is 0 Å². The van der Waals surface area contributed by atoms with Crippen molar-refractivity contribution in [2.45, 2.75) is 81.8 Å². The molecule has 0 amide bonds. The molecule has 14 N–H and O–H groups in total. The summed E-state index contributed by atoms with van der Waals surface area (Å²) in [6, 6.07) is -1.06. The van der Waals surface area contributed by atoms with Gasteiger partial charge < -0.3 is 40.1 Å². The van der Waals surface area contributed by atoms with Gasteiger partial charge >= 0.3 is 0 Å². The monoisotopic (exact) mass is 289 g/mol. The molecule has 122 valence electrons. The normalized spacial score (nSPS) is 22.6. The van der Waals surface area contributed by atoms with Gasteiger partial charge in [-0.1, -0.05) is 6.92 Å². The summed E-state index contributed by atoms with van der Waals surface area (Å²) in [4.78, 5) is 0. The van der Waals surface area contributed by atoms with Crippen molar-refractivity contribution in [3.05, 3.63) is 0 Å². The number of rotatable bonds is 10. The van der Waals surface area contributed by atoms with E-state index in [9.17, 15) is 0 Å². The maximum Gasteiger partial charge on any atom is 0.0347 e. The van der Waals surface area contributed by atoms with Gasteiger partial charge in [-0.05, 0) is 32.6 Å². The zero-order valence-electron chi connectivity index (χ0n) is 12.9. The number of hydrogen-bond donors (Lipinski definition) is 7. The molecule has 7 nitrogen and oxygen atoms in total. The smallest absolute Gasteiger partial charge is 0.0347 e. The van der Waals surface area contributed by atoms with Crippen molar-refractivity contribution in [3.63, 3.8) is 0 Å². The van der Waals surface area contributed by atoms with Crippen LogP contribution in [0.5, 0.6) is 0 Å².